The van der Waals surface area contributed by atoms with Gasteiger partial charge in [-0.3, -0.25) is 4.98 Å². The molecule has 0 unspecified atom stereocenters. The van der Waals surface area contributed by atoms with E-state index in [-0.39, 0.29) is 17.5 Å². The Morgan fingerprint density at radius 2 is 1.90 bits per heavy atom. The molecule has 11 heteroatoms. The second-order valence-electron chi connectivity index (χ2n) is 6.87. The monoisotopic (exact) mass is 406 g/mol. The summed E-state index contributed by atoms with van der Waals surface area (Å²) in [6.45, 7) is 1.96. The summed E-state index contributed by atoms with van der Waals surface area (Å²) in [4.78, 5) is 26.6. The molecule has 0 saturated carbocycles. The van der Waals surface area contributed by atoms with Crippen molar-refractivity contribution in [2.45, 2.75) is 25.3 Å². The number of amides is 1. The Hall–Kier alpha value is -3.24. The molecule has 0 radical (unpaired) electrons. The van der Waals surface area contributed by atoms with Gasteiger partial charge in [0.25, 0.3) is 0 Å². The molecule has 9 nitrogen and oxygen atoms in total. The van der Waals surface area contributed by atoms with E-state index in [1.807, 2.05) is 0 Å². The Balaban J connectivity index is 1.62. The highest BCUT2D eigenvalue weighted by atomic mass is 19.1. The van der Waals surface area contributed by atoms with Gasteiger partial charge >= 0.3 is 6.09 Å². The van der Waals surface area contributed by atoms with Gasteiger partial charge in [-0.05, 0) is 19.3 Å². The molecule has 2 aliphatic rings. The Labute approximate surface area is 165 Å². The van der Waals surface area contributed by atoms with Gasteiger partial charge in [0.05, 0.1) is 19.0 Å². The molecule has 4 heterocycles. The van der Waals surface area contributed by atoms with Gasteiger partial charge in [-0.2, -0.15) is 0 Å². The van der Waals surface area contributed by atoms with E-state index in [2.05, 4.69) is 25.2 Å². The number of hydrogen-bond acceptors (Lipinski definition) is 7. The molecule has 154 valence electrons. The van der Waals surface area contributed by atoms with Crippen LogP contribution in [0, 0.1) is 11.6 Å². The number of carboxylic acid groups (broad SMARTS) is 1. The number of ether oxygens (including phenoxy) is 1. The third-order valence-electron chi connectivity index (χ3n) is 5.12. The lowest BCUT2D eigenvalue weighted by Crippen LogP contribution is -2.47. The summed E-state index contributed by atoms with van der Waals surface area (Å²) in [6, 6.07) is 0.0863. The lowest BCUT2D eigenvalue weighted by Gasteiger charge is -2.37. The van der Waals surface area contributed by atoms with Crippen LogP contribution in [0.15, 0.2) is 18.7 Å². The largest absolute Gasteiger partial charge is 0.486 e. The predicted molar refractivity (Wildman–Crippen MR) is 99.5 cm³/mol. The zero-order valence-corrected chi connectivity index (χ0v) is 15.5. The molecule has 2 aliphatic heterocycles. The van der Waals surface area contributed by atoms with Gasteiger partial charge in [0, 0.05) is 25.7 Å². The maximum Gasteiger partial charge on any atom is 0.407 e. The first-order chi connectivity index (χ1) is 14.0. The van der Waals surface area contributed by atoms with E-state index in [4.69, 9.17) is 9.84 Å². The number of likely N-dealkylation sites (tertiary alicyclic amines) is 1. The Bertz CT molecular complexity index is 887. The van der Waals surface area contributed by atoms with Crippen molar-refractivity contribution in [3.8, 4) is 5.75 Å². The van der Waals surface area contributed by atoms with Crippen molar-refractivity contribution in [1.82, 2.24) is 19.9 Å². The SMILES string of the molecule is O=C(O)N1CCC(N2CCCOc3c(Nc4c(F)cncc4F)ncnc32)CC1. The summed E-state index contributed by atoms with van der Waals surface area (Å²) < 4.78 is 33.8. The molecule has 2 aromatic heterocycles. The van der Waals surface area contributed by atoms with Gasteiger partial charge in [0.15, 0.2) is 23.3 Å². The lowest BCUT2D eigenvalue weighted by atomic mass is 10.0. The minimum atomic E-state index is -0.918. The van der Waals surface area contributed by atoms with Crippen LogP contribution in [0.2, 0.25) is 0 Å². The van der Waals surface area contributed by atoms with Crippen LogP contribution in [0.4, 0.5) is 30.9 Å². The van der Waals surface area contributed by atoms with Crippen molar-refractivity contribution in [3.63, 3.8) is 0 Å². The molecule has 0 spiro atoms. The van der Waals surface area contributed by atoms with Crippen molar-refractivity contribution >= 4 is 23.4 Å². The number of fused-ring (bicyclic) bond motifs is 1. The highest BCUT2D eigenvalue weighted by molar-refractivity contribution is 5.71. The quantitative estimate of drug-likeness (QED) is 0.802. The van der Waals surface area contributed by atoms with Crippen LogP contribution in [0.3, 0.4) is 0 Å². The smallest absolute Gasteiger partial charge is 0.407 e. The topological polar surface area (TPSA) is 104 Å². The number of nitrogens with one attached hydrogen (secondary N) is 1. The summed E-state index contributed by atoms with van der Waals surface area (Å²) in [6.07, 6.45) is 4.26. The summed E-state index contributed by atoms with van der Waals surface area (Å²) >= 11 is 0. The second kappa shape index (κ2) is 8.02. The third kappa shape index (κ3) is 3.84. The minimum Gasteiger partial charge on any atom is -0.486 e. The summed E-state index contributed by atoms with van der Waals surface area (Å²) in [5, 5.41) is 11.8. The fraction of sp³-hybridized carbons (Fsp3) is 0.444. The van der Waals surface area contributed by atoms with E-state index in [0.29, 0.717) is 50.7 Å². The summed E-state index contributed by atoms with van der Waals surface area (Å²) in [5.41, 5.74) is -0.366. The van der Waals surface area contributed by atoms with Gasteiger partial charge in [-0.1, -0.05) is 0 Å². The van der Waals surface area contributed by atoms with E-state index < -0.39 is 17.7 Å². The number of anilines is 3. The highest BCUT2D eigenvalue weighted by Crippen LogP contribution is 2.38. The standard InChI is InChI=1S/C18H20F2N6O3/c19-12-8-21-9-13(20)14(12)24-16-15-17(23-10-22-16)26(4-1-7-29-15)11-2-5-25(6-3-11)18(27)28/h8-11H,1-7H2,(H,27,28)(H,21,22,23,24). The molecule has 0 aromatic carbocycles. The normalized spacial score (nSPS) is 17.3. The first-order valence-corrected chi connectivity index (χ1v) is 9.33. The van der Waals surface area contributed by atoms with Crippen molar-refractivity contribution < 1.29 is 23.4 Å². The van der Waals surface area contributed by atoms with E-state index in [0.717, 1.165) is 18.8 Å². The van der Waals surface area contributed by atoms with E-state index in [1.165, 1.54) is 11.2 Å². The maximum absolute atomic E-state index is 14.0. The van der Waals surface area contributed by atoms with Crippen LogP contribution in [0.25, 0.3) is 0 Å². The van der Waals surface area contributed by atoms with Gasteiger partial charge in [0.2, 0.25) is 5.75 Å². The molecular formula is C18H20F2N6O3. The molecule has 1 amide bonds. The van der Waals surface area contributed by atoms with Crippen LogP contribution in [-0.2, 0) is 0 Å². The molecule has 0 atom stereocenters. The van der Waals surface area contributed by atoms with Crippen molar-refractivity contribution in [2.75, 3.05) is 36.5 Å². The van der Waals surface area contributed by atoms with E-state index >= 15 is 0 Å². The number of nitrogens with zero attached hydrogens (tertiary/aromatic N) is 5. The van der Waals surface area contributed by atoms with Gasteiger partial charge in [-0.25, -0.2) is 23.5 Å². The van der Waals surface area contributed by atoms with Crippen LogP contribution < -0.4 is 15.0 Å². The van der Waals surface area contributed by atoms with Crippen molar-refractivity contribution in [1.29, 1.82) is 0 Å². The molecule has 1 saturated heterocycles. The Morgan fingerprint density at radius 3 is 2.59 bits per heavy atom. The molecule has 2 aromatic rings. The number of hydrogen-bond donors (Lipinski definition) is 2. The summed E-state index contributed by atoms with van der Waals surface area (Å²) in [7, 11) is 0. The van der Waals surface area contributed by atoms with E-state index in [1.54, 1.807) is 0 Å². The fourth-order valence-corrected chi connectivity index (χ4v) is 3.68. The van der Waals surface area contributed by atoms with Crippen molar-refractivity contribution in [2.24, 2.45) is 0 Å². The van der Waals surface area contributed by atoms with Crippen molar-refractivity contribution in [3.05, 3.63) is 30.4 Å². The van der Waals surface area contributed by atoms with Gasteiger partial charge in [-0.15, -0.1) is 0 Å². The lowest BCUT2D eigenvalue weighted by molar-refractivity contribution is 0.131. The number of carbonyl (C=O) groups is 1. The first kappa shape index (κ1) is 19.1. The minimum absolute atomic E-state index is 0.0863. The third-order valence-corrected chi connectivity index (χ3v) is 5.12. The van der Waals surface area contributed by atoms with Gasteiger partial charge < -0.3 is 25.0 Å². The average molecular weight is 406 g/mol. The first-order valence-electron chi connectivity index (χ1n) is 9.33. The molecule has 0 aliphatic carbocycles. The maximum atomic E-state index is 14.0. The number of aromatic nitrogens is 3. The fourth-order valence-electron chi connectivity index (χ4n) is 3.68. The van der Waals surface area contributed by atoms with Crippen LogP contribution in [0.1, 0.15) is 19.3 Å². The summed E-state index contributed by atoms with van der Waals surface area (Å²) in [5.74, 6) is -0.674. The van der Waals surface area contributed by atoms with E-state index in [9.17, 15) is 13.6 Å². The van der Waals surface area contributed by atoms with Gasteiger partial charge in [0.1, 0.15) is 12.0 Å². The molecule has 4 rings (SSSR count). The van der Waals surface area contributed by atoms with Crippen LogP contribution in [0.5, 0.6) is 5.75 Å². The molecular weight excluding hydrogens is 386 g/mol. The predicted octanol–water partition coefficient (Wildman–Crippen LogP) is 2.62. The van der Waals surface area contributed by atoms with Crippen LogP contribution in [-0.4, -0.2) is 63.3 Å². The number of rotatable bonds is 3. The number of halogens is 2. The average Bonchev–Trinajstić information content (AvgIpc) is 2.94. The second-order valence-corrected chi connectivity index (χ2v) is 6.87. The molecule has 1 fully saturated rings. The number of piperidine rings is 1. The Kier molecular flexibility index (Phi) is 5.28. The molecule has 0 bridgehead atoms. The zero-order chi connectivity index (χ0) is 20.4. The Morgan fingerprint density at radius 1 is 1.17 bits per heavy atom. The van der Waals surface area contributed by atoms with Crippen LogP contribution >= 0.6 is 0 Å². The highest BCUT2D eigenvalue weighted by Gasteiger charge is 2.31. The zero-order valence-electron chi connectivity index (χ0n) is 15.5. The number of pyridine rings is 1. The molecule has 29 heavy (non-hydrogen) atoms. The molecule has 2 N–H and O–H groups in total.